The van der Waals surface area contributed by atoms with Crippen molar-refractivity contribution in [2.45, 2.75) is 11.0 Å². The largest absolute Gasteiger partial charge is 0.375 e. The lowest BCUT2D eigenvalue weighted by molar-refractivity contribution is -0.136. The number of ether oxygens (including phenoxy) is 1. The highest BCUT2D eigenvalue weighted by molar-refractivity contribution is 7.98. The van der Waals surface area contributed by atoms with E-state index in [-0.39, 0.29) is 6.54 Å². The summed E-state index contributed by atoms with van der Waals surface area (Å²) in [5.41, 5.74) is 1.35. The first-order valence-corrected chi connectivity index (χ1v) is 9.16. The van der Waals surface area contributed by atoms with Crippen LogP contribution in [-0.4, -0.2) is 31.7 Å². The van der Waals surface area contributed by atoms with E-state index < -0.39 is 17.9 Å². The Hall–Kier alpha value is -2.02. The van der Waals surface area contributed by atoms with Gasteiger partial charge >= 0.3 is 11.8 Å². The second kappa shape index (κ2) is 9.46. The van der Waals surface area contributed by atoms with Crippen molar-refractivity contribution in [3.63, 3.8) is 0 Å². The second-order valence-electron chi connectivity index (χ2n) is 5.11. The van der Waals surface area contributed by atoms with Gasteiger partial charge in [0.25, 0.3) is 0 Å². The van der Waals surface area contributed by atoms with Crippen LogP contribution < -0.4 is 10.6 Å². The summed E-state index contributed by atoms with van der Waals surface area (Å²) in [5.74, 6) is -1.46. The van der Waals surface area contributed by atoms with Gasteiger partial charge in [-0.05, 0) is 24.5 Å². The molecule has 25 heavy (non-hydrogen) atoms. The smallest absolute Gasteiger partial charge is 0.313 e. The third kappa shape index (κ3) is 5.22. The molecule has 0 bridgehead atoms. The van der Waals surface area contributed by atoms with Gasteiger partial charge in [0.15, 0.2) is 0 Å². The maximum atomic E-state index is 12.1. The highest BCUT2D eigenvalue weighted by Gasteiger charge is 2.19. The van der Waals surface area contributed by atoms with E-state index in [1.165, 1.54) is 18.9 Å². The van der Waals surface area contributed by atoms with E-state index >= 15 is 0 Å². The van der Waals surface area contributed by atoms with Crippen molar-refractivity contribution in [3.8, 4) is 0 Å². The molecule has 2 amide bonds. The van der Waals surface area contributed by atoms with Crippen LogP contribution in [0.15, 0.2) is 53.4 Å². The Morgan fingerprint density at radius 2 is 1.80 bits per heavy atom. The number of anilines is 1. The molecule has 132 valence electrons. The summed E-state index contributed by atoms with van der Waals surface area (Å²) in [5, 5.41) is 5.73. The first-order valence-electron chi connectivity index (χ1n) is 7.56. The minimum atomic E-state index is -0.731. The minimum absolute atomic E-state index is 0.136. The summed E-state index contributed by atoms with van der Waals surface area (Å²) in [6, 6.07) is 14.5. The van der Waals surface area contributed by atoms with Crippen molar-refractivity contribution in [1.82, 2.24) is 5.32 Å². The maximum Gasteiger partial charge on any atom is 0.313 e. The van der Waals surface area contributed by atoms with E-state index in [4.69, 9.17) is 16.3 Å². The van der Waals surface area contributed by atoms with E-state index in [1.807, 2.05) is 36.6 Å². The van der Waals surface area contributed by atoms with Gasteiger partial charge in [-0.15, -0.1) is 11.8 Å². The van der Waals surface area contributed by atoms with Crippen molar-refractivity contribution in [2.75, 3.05) is 25.2 Å². The number of rotatable bonds is 6. The van der Waals surface area contributed by atoms with Gasteiger partial charge in [0.05, 0.1) is 5.69 Å². The predicted molar refractivity (Wildman–Crippen MR) is 101 cm³/mol. The molecule has 0 aliphatic rings. The molecule has 0 fully saturated rings. The Morgan fingerprint density at radius 3 is 2.48 bits per heavy atom. The monoisotopic (exact) mass is 378 g/mol. The molecule has 0 aliphatic carbocycles. The molecule has 0 aromatic heterocycles. The second-order valence-corrected chi connectivity index (χ2v) is 6.37. The topological polar surface area (TPSA) is 67.4 Å². The van der Waals surface area contributed by atoms with Gasteiger partial charge < -0.3 is 15.4 Å². The molecule has 7 heteroatoms. The Morgan fingerprint density at radius 1 is 1.12 bits per heavy atom. The number of methoxy groups -OCH3 is 1. The maximum absolute atomic E-state index is 12.1. The van der Waals surface area contributed by atoms with E-state index in [2.05, 4.69) is 10.6 Å². The number of para-hydroxylation sites is 1. The van der Waals surface area contributed by atoms with Gasteiger partial charge in [0.1, 0.15) is 6.10 Å². The molecule has 0 spiro atoms. The van der Waals surface area contributed by atoms with Gasteiger partial charge in [0, 0.05) is 29.1 Å². The van der Waals surface area contributed by atoms with E-state index in [0.29, 0.717) is 10.7 Å². The predicted octanol–water partition coefficient (Wildman–Crippen LogP) is 3.50. The molecule has 2 aromatic carbocycles. The third-order valence-corrected chi connectivity index (χ3v) is 4.69. The normalized spacial score (nSPS) is 11.6. The lowest BCUT2D eigenvalue weighted by atomic mass is 10.1. The van der Waals surface area contributed by atoms with Crippen LogP contribution in [0.25, 0.3) is 0 Å². The molecule has 0 aliphatic heterocycles. The number of nitrogens with one attached hydrogen (secondary N) is 2. The van der Waals surface area contributed by atoms with Gasteiger partial charge in [-0.25, -0.2) is 0 Å². The molecular weight excluding hydrogens is 360 g/mol. The number of carbonyl (C=O) groups is 2. The first-order chi connectivity index (χ1) is 12.1. The lowest BCUT2D eigenvalue weighted by Gasteiger charge is -2.17. The number of halogens is 1. The zero-order valence-corrected chi connectivity index (χ0v) is 15.5. The average molecular weight is 379 g/mol. The fourth-order valence-electron chi connectivity index (χ4n) is 2.25. The van der Waals surface area contributed by atoms with E-state index in [0.717, 1.165) is 10.5 Å². The van der Waals surface area contributed by atoms with E-state index in [1.54, 1.807) is 18.2 Å². The van der Waals surface area contributed by atoms with Crippen molar-refractivity contribution in [3.05, 3.63) is 59.1 Å². The number of carbonyl (C=O) groups excluding carboxylic acids is 2. The summed E-state index contributed by atoms with van der Waals surface area (Å²) in [6.07, 6.45) is 1.46. The standard InChI is InChI=1S/C18H19ClN2O3S/c1-24-15(12-7-3-4-8-13(12)19)11-20-17(22)18(23)21-14-9-5-6-10-16(14)25-2/h3-10,15H,11H2,1-2H3,(H,20,22)(H,21,23)/t15-/m1/s1. The van der Waals surface area contributed by atoms with Gasteiger partial charge in [0.2, 0.25) is 0 Å². The molecule has 2 N–H and O–H groups in total. The quantitative estimate of drug-likeness (QED) is 0.596. The van der Waals surface area contributed by atoms with Crippen LogP contribution in [0, 0.1) is 0 Å². The highest BCUT2D eigenvalue weighted by Crippen LogP contribution is 2.25. The third-order valence-electron chi connectivity index (χ3n) is 3.55. The van der Waals surface area contributed by atoms with Gasteiger partial charge in [-0.3, -0.25) is 9.59 Å². The highest BCUT2D eigenvalue weighted by atomic mass is 35.5. The summed E-state index contributed by atoms with van der Waals surface area (Å²) in [4.78, 5) is 25.0. The minimum Gasteiger partial charge on any atom is -0.375 e. The van der Waals surface area contributed by atoms with Crippen molar-refractivity contribution in [1.29, 1.82) is 0 Å². The van der Waals surface area contributed by atoms with Crippen LogP contribution in [0.5, 0.6) is 0 Å². The first kappa shape index (κ1) is 19.3. The number of amides is 2. The zero-order chi connectivity index (χ0) is 18.2. The van der Waals surface area contributed by atoms with Crippen LogP contribution >= 0.6 is 23.4 Å². The molecule has 0 saturated carbocycles. The Kier molecular flexibility index (Phi) is 7.31. The van der Waals surface area contributed by atoms with Crippen LogP contribution in [0.4, 0.5) is 5.69 Å². The van der Waals surface area contributed by atoms with Crippen molar-refractivity contribution in [2.24, 2.45) is 0 Å². The van der Waals surface area contributed by atoms with Crippen LogP contribution in [0.3, 0.4) is 0 Å². The molecule has 0 heterocycles. The van der Waals surface area contributed by atoms with Crippen molar-refractivity contribution < 1.29 is 14.3 Å². The number of benzene rings is 2. The zero-order valence-electron chi connectivity index (χ0n) is 13.9. The number of thioether (sulfide) groups is 1. The van der Waals surface area contributed by atoms with Crippen LogP contribution in [0.2, 0.25) is 5.02 Å². The summed E-state index contributed by atoms with van der Waals surface area (Å²) < 4.78 is 5.37. The Labute approximate surface area is 156 Å². The Bertz CT molecular complexity index is 755. The number of hydrogen-bond donors (Lipinski definition) is 2. The SMILES string of the molecule is CO[C@H](CNC(=O)C(=O)Nc1ccccc1SC)c1ccccc1Cl. The van der Waals surface area contributed by atoms with Gasteiger partial charge in [-0.2, -0.15) is 0 Å². The van der Waals surface area contributed by atoms with Crippen LogP contribution in [-0.2, 0) is 14.3 Å². The molecule has 0 radical (unpaired) electrons. The van der Waals surface area contributed by atoms with Gasteiger partial charge in [-0.1, -0.05) is 41.9 Å². The number of hydrogen-bond acceptors (Lipinski definition) is 4. The molecule has 0 unspecified atom stereocenters. The fraction of sp³-hybridized carbons (Fsp3) is 0.222. The molecule has 2 rings (SSSR count). The molecule has 5 nitrogen and oxygen atoms in total. The summed E-state index contributed by atoms with van der Waals surface area (Å²) >= 11 is 7.63. The molecule has 0 saturated heterocycles. The Balaban J connectivity index is 1.97. The van der Waals surface area contributed by atoms with E-state index in [9.17, 15) is 9.59 Å². The molecular formula is C18H19ClN2O3S. The summed E-state index contributed by atoms with van der Waals surface area (Å²) in [7, 11) is 1.52. The fourth-order valence-corrected chi connectivity index (χ4v) is 3.06. The lowest BCUT2D eigenvalue weighted by Crippen LogP contribution is -2.38. The molecule has 1 atom stereocenters. The van der Waals surface area contributed by atoms with Crippen molar-refractivity contribution >= 4 is 40.9 Å². The molecule has 2 aromatic rings. The van der Waals surface area contributed by atoms with Crippen LogP contribution in [0.1, 0.15) is 11.7 Å². The average Bonchev–Trinajstić information content (AvgIpc) is 2.63. The summed E-state index contributed by atoms with van der Waals surface area (Å²) in [6.45, 7) is 0.136.